The van der Waals surface area contributed by atoms with Gasteiger partial charge in [0.15, 0.2) is 58.8 Å². The van der Waals surface area contributed by atoms with Crippen molar-refractivity contribution in [3.8, 4) is 0 Å². The zero-order valence-corrected chi connectivity index (χ0v) is 48.1. The number of carbonyl (C=O) groups is 2. The van der Waals surface area contributed by atoms with Gasteiger partial charge in [-0.2, -0.15) is 0 Å². The summed E-state index contributed by atoms with van der Waals surface area (Å²) >= 11 is 0.868. The van der Waals surface area contributed by atoms with Crippen LogP contribution in [0.15, 0.2) is 160 Å². The quantitative estimate of drug-likeness (QED) is 0.0333. The molecule has 86 heavy (non-hydrogen) atoms. The lowest BCUT2D eigenvalue weighted by Crippen LogP contribution is -2.37. The third-order valence-corrected chi connectivity index (χ3v) is 21.1. The van der Waals surface area contributed by atoms with E-state index in [0.717, 1.165) is 25.3 Å². The average molecular weight is 1250 g/mol. The van der Waals surface area contributed by atoms with E-state index in [1.165, 1.54) is 79.6 Å². The molecule has 26 nitrogen and oxygen atoms in total. The number of hydrogen-bond acceptors (Lipinski definition) is 22. The fourth-order valence-corrected chi connectivity index (χ4v) is 16.6. The van der Waals surface area contributed by atoms with E-state index in [4.69, 9.17) is 27.6 Å². The Balaban J connectivity index is 0.968. The summed E-state index contributed by atoms with van der Waals surface area (Å²) in [7, 11) is 0. The van der Waals surface area contributed by atoms with Crippen molar-refractivity contribution >= 4 is 93.5 Å². The van der Waals surface area contributed by atoms with Crippen molar-refractivity contribution in [2.75, 3.05) is 36.1 Å². The summed E-state index contributed by atoms with van der Waals surface area (Å²) < 4.78 is 107. The number of rotatable bonds is 18. The minimum absolute atomic E-state index is 0.0193. The monoisotopic (exact) mass is 1250 g/mol. The fourth-order valence-electron chi connectivity index (χ4n) is 9.81. The molecule has 11 rings (SSSR count). The molecule has 10 atom stereocenters. The molecule has 0 saturated carbocycles. The van der Waals surface area contributed by atoms with Crippen LogP contribution < -0.4 is 9.80 Å². The topological polar surface area (TPSA) is 304 Å². The molecule has 3 fully saturated rings. The van der Waals surface area contributed by atoms with E-state index in [1.807, 2.05) is 0 Å². The number of aromatic nitrogens is 8. The standard InChI is InChI=1S/C54H48F2N12O14P2S2/c1-3-23-63(51(69)33-15-7-5-8-16-33)47-43-49(59-29-57-47)65(31-61-43)53-41(55)45-39(79-53)25-77-84(76,86-28-36-20-12-14-22-38(36)68(73)74)82-46-40(26-78-83(75,81-45)85-27-35-19-11-13-21-37(35)67(71)72)80-54(42(46)56)66-32-62-44-48(58-30-60-50(44)66)64(24-4-2)52(70)34-17-9-6-10-18-34/h3-22,29-32,39-42,45-46,53-54H,1-2,23-28H2/t39-,40-,41-,42-,45-,46-,53?,54?,83-,84+/m1/s1. The Hall–Kier alpha value is -8.02. The van der Waals surface area contributed by atoms with Gasteiger partial charge < -0.3 is 9.47 Å². The molecule has 0 bridgehead atoms. The maximum absolute atomic E-state index is 17.8. The lowest BCUT2D eigenvalue weighted by atomic mass is 10.1. The molecule has 2 amide bonds. The SMILES string of the molecule is C=CCN(C(=O)c1ccccc1)c1ncnc2c1ncn2C1O[C@@H]2CO[P@@](=O)(SCc3ccccc3[N+](=O)[O-])O[C@@H]3[C@@H](CO[P@](=O)(SCc4ccccc4[N+](=O)[O-])O[C@H]2[C@H]1F)OC(n1cnc2c(N(CC=C)C(=O)c4ccccc4)ncnc21)[C@@H]3F. The molecular formula is C54H48F2N12O14P2S2. The third-order valence-electron chi connectivity index (χ3n) is 13.9. The van der Waals surface area contributed by atoms with Crippen molar-refractivity contribution in [1.82, 2.24) is 39.0 Å². The van der Waals surface area contributed by atoms with Gasteiger partial charge in [-0.05, 0) is 47.0 Å². The van der Waals surface area contributed by atoms with E-state index < -0.39 is 109 Å². The summed E-state index contributed by atoms with van der Waals surface area (Å²) in [5.41, 5.74) is -0.0274. The summed E-state index contributed by atoms with van der Waals surface area (Å²) in [5.74, 6) is -1.76. The molecule has 7 heterocycles. The van der Waals surface area contributed by atoms with Crippen LogP contribution in [0.1, 0.15) is 44.3 Å². The van der Waals surface area contributed by atoms with Crippen molar-refractivity contribution in [2.45, 2.75) is 60.7 Å². The number of halogens is 2. The highest BCUT2D eigenvalue weighted by Crippen LogP contribution is 2.67. The average Bonchev–Trinajstić information content (AvgIpc) is 2.46. The number of nitro benzene ring substituents is 2. The molecule has 3 aliphatic heterocycles. The summed E-state index contributed by atoms with van der Waals surface area (Å²) in [5, 5.41) is 24.4. The third kappa shape index (κ3) is 12.1. The van der Waals surface area contributed by atoms with Gasteiger partial charge in [0.2, 0.25) is 0 Å². The van der Waals surface area contributed by atoms with Gasteiger partial charge in [-0.15, -0.1) is 13.2 Å². The second-order valence-corrected chi connectivity index (χ2v) is 27.2. The van der Waals surface area contributed by atoms with E-state index >= 15 is 17.9 Å². The van der Waals surface area contributed by atoms with Gasteiger partial charge in [0.25, 0.3) is 23.2 Å². The Kier molecular flexibility index (Phi) is 17.7. The van der Waals surface area contributed by atoms with Crippen molar-refractivity contribution in [3.05, 3.63) is 202 Å². The number of hydrogen-bond donors (Lipinski definition) is 0. The van der Waals surface area contributed by atoms with Gasteiger partial charge in [0.1, 0.15) is 37.1 Å². The number of amides is 2. The molecule has 0 radical (unpaired) electrons. The molecule has 3 saturated heterocycles. The van der Waals surface area contributed by atoms with Crippen molar-refractivity contribution in [1.29, 1.82) is 0 Å². The van der Waals surface area contributed by atoms with Crippen LogP contribution in [0, 0.1) is 20.2 Å². The highest BCUT2D eigenvalue weighted by molar-refractivity contribution is 8.55. The summed E-state index contributed by atoms with van der Waals surface area (Å²) in [6, 6.07) is 27.7. The number of benzene rings is 4. The van der Waals surface area contributed by atoms with Crippen LogP contribution in [-0.2, 0) is 48.2 Å². The maximum atomic E-state index is 17.8. The molecule has 444 valence electrons. The lowest BCUT2D eigenvalue weighted by Gasteiger charge is -2.30. The molecule has 3 aliphatic rings. The molecular weight excluding hydrogens is 1200 g/mol. The number of ether oxygens (including phenoxy) is 2. The zero-order valence-electron chi connectivity index (χ0n) is 44.7. The van der Waals surface area contributed by atoms with Crippen LogP contribution >= 0.6 is 36.4 Å². The Morgan fingerprint density at radius 1 is 0.605 bits per heavy atom. The number of nitro groups is 2. The van der Waals surface area contributed by atoms with Crippen molar-refractivity contribution < 1.29 is 64.9 Å². The van der Waals surface area contributed by atoms with E-state index in [9.17, 15) is 29.8 Å². The number of anilines is 2. The molecule has 8 aromatic rings. The predicted octanol–water partition coefficient (Wildman–Crippen LogP) is 10.5. The Morgan fingerprint density at radius 2 is 0.988 bits per heavy atom. The minimum atomic E-state index is -4.92. The number of imidazole rings is 2. The maximum Gasteiger partial charge on any atom is 0.390 e. The highest BCUT2D eigenvalue weighted by atomic mass is 32.7. The predicted molar refractivity (Wildman–Crippen MR) is 311 cm³/mol. The lowest BCUT2D eigenvalue weighted by molar-refractivity contribution is -0.385. The van der Waals surface area contributed by atoms with E-state index in [-0.39, 0.29) is 69.6 Å². The number of alkyl halides is 2. The number of para-hydroxylation sites is 2. The van der Waals surface area contributed by atoms with Crippen LogP contribution in [0.5, 0.6) is 0 Å². The Bertz CT molecular complexity index is 3740. The smallest absolute Gasteiger partial charge is 0.346 e. The number of fused-ring (bicyclic) bond motifs is 4. The normalized spacial score (nSPS) is 24.9. The van der Waals surface area contributed by atoms with E-state index in [0.29, 0.717) is 33.9 Å². The van der Waals surface area contributed by atoms with Crippen LogP contribution in [0.4, 0.5) is 31.8 Å². The molecule has 0 N–H and O–H groups in total. The Labute approximate surface area is 494 Å². The number of carbonyl (C=O) groups excluding carboxylic acids is 2. The largest absolute Gasteiger partial charge is 0.390 e. The van der Waals surface area contributed by atoms with Gasteiger partial charge >= 0.3 is 13.6 Å². The fraction of sp³-hybridized carbons (Fsp3) is 0.259. The summed E-state index contributed by atoms with van der Waals surface area (Å²) in [6.07, 6.45) is -8.12. The van der Waals surface area contributed by atoms with Crippen LogP contribution in [-0.4, -0.2) is 124 Å². The van der Waals surface area contributed by atoms with Crippen molar-refractivity contribution in [3.63, 3.8) is 0 Å². The van der Waals surface area contributed by atoms with Crippen LogP contribution in [0.3, 0.4) is 0 Å². The first-order chi connectivity index (χ1) is 41.6. The first-order valence-electron chi connectivity index (χ1n) is 26.1. The van der Waals surface area contributed by atoms with Crippen LogP contribution in [0.2, 0.25) is 0 Å². The minimum Gasteiger partial charge on any atom is -0.346 e. The van der Waals surface area contributed by atoms with E-state index in [1.54, 1.807) is 60.7 Å². The molecule has 32 heteroatoms. The molecule has 0 aliphatic carbocycles. The van der Waals surface area contributed by atoms with Gasteiger partial charge in [0.05, 0.1) is 35.7 Å². The summed E-state index contributed by atoms with van der Waals surface area (Å²) in [4.78, 5) is 79.8. The van der Waals surface area contributed by atoms with Gasteiger partial charge in [-0.1, -0.05) is 84.9 Å². The Morgan fingerprint density at radius 3 is 1.37 bits per heavy atom. The molecule has 0 spiro atoms. The first-order valence-corrected chi connectivity index (χ1v) is 32.3. The zero-order chi connectivity index (χ0) is 60.3. The molecule has 4 aromatic carbocycles. The second-order valence-electron chi connectivity index (χ2n) is 19.1. The number of nitrogens with zero attached hydrogens (tertiary/aromatic N) is 12. The summed E-state index contributed by atoms with van der Waals surface area (Å²) in [6.45, 7) is -4.19. The molecule has 4 aromatic heterocycles. The van der Waals surface area contributed by atoms with Gasteiger partial charge in [0, 0.05) is 59.0 Å². The van der Waals surface area contributed by atoms with Gasteiger partial charge in [-0.3, -0.25) is 66.8 Å². The highest BCUT2D eigenvalue weighted by Gasteiger charge is 2.56. The van der Waals surface area contributed by atoms with Crippen LogP contribution in [0.25, 0.3) is 22.3 Å². The molecule has 2 unspecified atom stereocenters. The van der Waals surface area contributed by atoms with Crippen molar-refractivity contribution in [2.24, 2.45) is 0 Å². The van der Waals surface area contributed by atoms with Gasteiger partial charge in [-0.25, -0.2) is 47.8 Å². The first kappa shape index (κ1) is 59.7. The second kappa shape index (κ2) is 25.5. The van der Waals surface area contributed by atoms with E-state index in [2.05, 4.69) is 43.1 Å².